The first-order chi connectivity index (χ1) is 10.7. The number of aliphatic carboxylic acids is 1. The lowest BCUT2D eigenvalue weighted by Gasteiger charge is -2.31. The molecular weight excluding hydrogens is 315 g/mol. The van der Waals surface area contributed by atoms with Gasteiger partial charge in [-0.25, -0.2) is 0 Å². The second-order valence-corrected chi connectivity index (χ2v) is 5.86. The highest BCUT2D eigenvalue weighted by molar-refractivity contribution is 5.97. The number of hydrogen-bond donors (Lipinski definition) is 2. The highest BCUT2D eigenvalue weighted by Crippen LogP contribution is 2.37. The van der Waals surface area contributed by atoms with Crippen molar-refractivity contribution in [1.82, 2.24) is 5.32 Å². The molecular formula is C15H18F3NO4. The SMILES string of the molecule is Cc1coc(CC(=O)O)c1C(=O)NC1CCCC(C(F)(F)F)C1. The maximum atomic E-state index is 12.8. The average Bonchev–Trinajstić information content (AvgIpc) is 2.78. The Morgan fingerprint density at radius 2 is 2.09 bits per heavy atom. The number of carboxylic acid groups (broad SMARTS) is 1. The van der Waals surface area contributed by atoms with Gasteiger partial charge in [0.15, 0.2) is 0 Å². The molecule has 5 nitrogen and oxygen atoms in total. The maximum Gasteiger partial charge on any atom is 0.391 e. The molecule has 0 aliphatic heterocycles. The molecule has 1 aliphatic carbocycles. The Labute approximate surface area is 130 Å². The fourth-order valence-corrected chi connectivity index (χ4v) is 2.95. The van der Waals surface area contributed by atoms with Crippen molar-refractivity contribution in [3.63, 3.8) is 0 Å². The molecule has 1 fully saturated rings. The van der Waals surface area contributed by atoms with E-state index in [1.165, 1.54) is 6.26 Å². The van der Waals surface area contributed by atoms with Crippen LogP contribution in [-0.4, -0.2) is 29.2 Å². The first kappa shape index (κ1) is 17.4. The lowest BCUT2D eigenvalue weighted by molar-refractivity contribution is -0.183. The van der Waals surface area contributed by atoms with Crippen LogP contribution >= 0.6 is 0 Å². The van der Waals surface area contributed by atoms with Gasteiger partial charge in [-0.2, -0.15) is 13.2 Å². The Bertz CT molecular complexity index is 594. The second kappa shape index (κ2) is 6.64. The number of alkyl halides is 3. The molecule has 0 saturated heterocycles. The molecule has 1 aliphatic rings. The summed E-state index contributed by atoms with van der Waals surface area (Å²) in [7, 11) is 0. The summed E-state index contributed by atoms with van der Waals surface area (Å²) in [5, 5.41) is 11.4. The number of furan rings is 1. The molecule has 2 unspecified atom stereocenters. The van der Waals surface area contributed by atoms with Crippen molar-refractivity contribution in [2.45, 2.75) is 51.2 Å². The van der Waals surface area contributed by atoms with Crippen LogP contribution in [0.1, 0.15) is 47.4 Å². The van der Waals surface area contributed by atoms with Crippen molar-refractivity contribution in [2.75, 3.05) is 0 Å². The van der Waals surface area contributed by atoms with E-state index in [4.69, 9.17) is 9.52 Å². The van der Waals surface area contributed by atoms with Crippen LogP contribution in [0.3, 0.4) is 0 Å². The van der Waals surface area contributed by atoms with Crippen molar-refractivity contribution >= 4 is 11.9 Å². The minimum Gasteiger partial charge on any atom is -0.481 e. The largest absolute Gasteiger partial charge is 0.481 e. The van der Waals surface area contributed by atoms with Gasteiger partial charge in [-0.05, 0) is 26.2 Å². The van der Waals surface area contributed by atoms with E-state index in [0.717, 1.165) is 0 Å². The summed E-state index contributed by atoms with van der Waals surface area (Å²) in [6, 6.07) is -0.574. The summed E-state index contributed by atoms with van der Waals surface area (Å²) in [6.45, 7) is 1.59. The van der Waals surface area contributed by atoms with Crippen LogP contribution in [0.5, 0.6) is 0 Å². The van der Waals surface area contributed by atoms with E-state index in [-0.39, 0.29) is 24.2 Å². The zero-order valence-electron chi connectivity index (χ0n) is 12.6. The van der Waals surface area contributed by atoms with Gasteiger partial charge >= 0.3 is 12.1 Å². The van der Waals surface area contributed by atoms with E-state index in [2.05, 4.69) is 5.32 Å². The van der Waals surface area contributed by atoms with Gasteiger partial charge in [0.1, 0.15) is 12.2 Å². The summed E-state index contributed by atoms with van der Waals surface area (Å²) in [6.07, 6.45) is -2.65. The quantitative estimate of drug-likeness (QED) is 0.887. The molecule has 128 valence electrons. The summed E-state index contributed by atoms with van der Waals surface area (Å²) in [4.78, 5) is 23.1. The molecule has 2 rings (SSSR count). The van der Waals surface area contributed by atoms with Gasteiger partial charge in [0, 0.05) is 11.6 Å². The van der Waals surface area contributed by atoms with Crippen LogP contribution in [0, 0.1) is 12.8 Å². The van der Waals surface area contributed by atoms with Gasteiger partial charge in [-0.3, -0.25) is 9.59 Å². The summed E-state index contributed by atoms with van der Waals surface area (Å²) in [5.41, 5.74) is 0.559. The van der Waals surface area contributed by atoms with Gasteiger partial charge in [-0.1, -0.05) is 6.42 Å². The van der Waals surface area contributed by atoms with Crippen LogP contribution < -0.4 is 5.32 Å². The smallest absolute Gasteiger partial charge is 0.391 e. The van der Waals surface area contributed by atoms with Crippen molar-refractivity contribution in [3.05, 3.63) is 23.2 Å². The predicted octanol–water partition coefficient (Wildman–Crippen LogP) is 3.07. The summed E-state index contributed by atoms with van der Waals surface area (Å²) < 4.78 is 43.5. The monoisotopic (exact) mass is 333 g/mol. The molecule has 1 heterocycles. The molecule has 23 heavy (non-hydrogen) atoms. The van der Waals surface area contributed by atoms with Gasteiger partial charge in [0.2, 0.25) is 0 Å². The number of carbonyl (C=O) groups excluding carboxylic acids is 1. The molecule has 2 atom stereocenters. The van der Waals surface area contributed by atoms with E-state index >= 15 is 0 Å². The number of rotatable bonds is 4. The number of carbonyl (C=O) groups is 2. The number of halogens is 3. The first-order valence-corrected chi connectivity index (χ1v) is 7.34. The molecule has 8 heteroatoms. The predicted molar refractivity (Wildman–Crippen MR) is 74.1 cm³/mol. The zero-order valence-corrected chi connectivity index (χ0v) is 12.6. The highest BCUT2D eigenvalue weighted by atomic mass is 19.4. The standard InChI is InChI=1S/C15H18F3NO4/c1-8-7-23-11(6-12(20)21)13(8)14(22)19-10-4-2-3-9(5-10)15(16,17)18/h7,9-10H,2-6H2,1H3,(H,19,22)(H,20,21). The zero-order chi connectivity index (χ0) is 17.2. The molecule has 1 aromatic heterocycles. The number of aryl methyl sites for hydroxylation is 1. The van der Waals surface area contributed by atoms with Crippen LogP contribution in [0.2, 0.25) is 0 Å². The lowest BCUT2D eigenvalue weighted by atomic mass is 9.85. The van der Waals surface area contributed by atoms with Crippen LogP contribution in [0.25, 0.3) is 0 Å². The third-order valence-corrected chi connectivity index (χ3v) is 4.06. The number of nitrogens with one attached hydrogen (secondary N) is 1. The van der Waals surface area contributed by atoms with Crippen LogP contribution in [-0.2, 0) is 11.2 Å². The van der Waals surface area contributed by atoms with E-state index in [1.54, 1.807) is 6.92 Å². The third kappa shape index (κ3) is 4.27. The molecule has 0 aromatic carbocycles. The fraction of sp³-hybridized carbons (Fsp3) is 0.600. The first-order valence-electron chi connectivity index (χ1n) is 7.34. The average molecular weight is 333 g/mol. The Morgan fingerprint density at radius 1 is 1.39 bits per heavy atom. The number of amides is 1. The normalized spacial score (nSPS) is 21.9. The third-order valence-electron chi connectivity index (χ3n) is 4.06. The number of carboxylic acids is 1. The molecule has 2 N–H and O–H groups in total. The van der Waals surface area contributed by atoms with E-state index < -0.39 is 36.4 Å². The lowest BCUT2D eigenvalue weighted by Crippen LogP contribution is -2.41. The minimum atomic E-state index is -4.26. The molecule has 1 saturated carbocycles. The van der Waals surface area contributed by atoms with Crippen LogP contribution in [0.4, 0.5) is 13.2 Å². The van der Waals surface area contributed by atoms with E-state index in [9.17, 15) is 22.8 Å². The fourth-order valence-electron chi connectivity index (χ4n) is 2.95. The topological polar surface area (TPSA) is 79.5 Å². The minimum absolute atomic E-state index is 0.00989. The maximum absolute atomic E-state index is 12.8. The number of hydrogen-bond acceptors (Lipinski definition) is 3. The van der Waals surface area contributed by atoms with Crippen molar-refractivity contribution in [3.8, 4) is 0 Å². The Kier molecular flexibility index (Phi) is 5.01. The van der Waals surface area contributed by atoms with Gasteiger partial charge in [0.25, 0.3) is 5.91 Å². The molecule has 1 aromatic rings. The van der Waals surface area contributed by atoms with E-state index in [1.807, 2.05) is 0 Å². The molecule has 1 amide bonds. The molecule has 0 spiro atoms. The van der Waals surface area contributed by atoms with E-state index in [0.29, 0.717) is 18.4 Å². The Morgan fingerprint density at radius 3 is 2.70 bits per heavy atom. The Balaban J connectivity index is 2.07. The van der Waals surface area contributed by atoms with Gasteiger partial charge < -0.3 is 14.8 Å². The van der Waals surface area contributed by atoms with Gasteiger partial charge in [-0.15, -0.1) is 0 Å². The molecule has 0 bridgehead atoms. The van der Waals surface area contributed by atoms with Gasteiger partial charge in [0.05, 0.1) is 17.7 Å². The van der Waals surface area contributed by atoms with Crippen molar-refractivity contribution < 1.29 is 32.3 Å². The van der Waals surface area contributed by atoms with Crippen LogP contribution in [0.15, 0.2) is 10.7 Å². The van der Waals surface area contributed by atoms with Crippen molar-refractivity contribution in [1.29, 1.82) is 0 Å². The molecule has 0 radical (unpaired) electrons. The Hall–Kier alpha value is -1.99. The summed E-state index contributed by atoms with van der Waals surface area (Å²) >= 11 is 0. The highest BCUT2D eigenvalue weighted by Gasteiger charge is 2.42. The second-order valence-electron chi connectivity index (χ2n) is 5.86. The van der Waals surface area contributed by atoms with Crippen molar-refractivity contribution in [2.24, 2.45) is 5.92 Å². The summed E-state index contributed by atoms with van der Waals surface area (Å²) in [5.74, 6) is -3.13.